The smallest absolute Gasteiger partial charge is 0.333 e. The van der Waals surface area contributed by atoms with Crippen molar-refractivity contribution < 1.29 is 14.6 Å². The first kappa shape index (κ1) is 16.4. The van der Waals surface area contributed by atoms with Crippen molar-refractivity contribution in [3.8, 4) is 11.8 Å². The lowest BCUT2D eigenvalue weighted by Crippen LogP contribution is -2.23. The summed E-state index contributed by atoms with van der Waals surface area (Å²) in [6.07, 6.45) is 0. The van der Waals surface area contributed by atoms with E-state index in [1.54, 1.807) is 37.3 Å². The number of carbonyl (C=O) groups is 1. The van der Waals surface area contributed by atoms with Gasteiger partial charge in [-0.25, -0.2) is 4.79 Å². The first-order chi connectivity index (χ1) is 11.0. The van der Waals surface area contributed by atoms with E-state index in [0.717, 1.165) is 5.56 Å². The molecule has 0 aliphatic rings. The predicted molar refractivity (Wildman–Crippen MR) is 87.0 cm³/mol. The zero-order valence-electron chi connectivity index (χ0n) is 13.0. The fourth-order valence-corrected chi connectivity index (χ4v) is 2.27. The van der Waals surface area contributed by atoms with Crippen LogP contribution in [0.3, 0.4) is 0 Å². The number of aryl methyl sites for hydroxylation is 1. The number of rotatable bonds is 5. The van der Waals surface area contributed by atoms with E-state index in [4.69, 9.17) is 10.00 Å². The molecule has 0 aromatic heterocycles. The van der Waals surface area contributed by atoms with Crippen LogP contribution in [0.25, 0.3) is 0 Å². The number of anilines is 1. The molecule has 0 heterocycles. The number of phenols is 1. The Balaban J connectivity index is 2.33. The monoisotopic (exact) mass is 310 g/mol. The summed E-state index contributed by atoms with van der Waals surface area (Å²) < 4.78 is 5.12. The number of phenolic OH excluding ortho intramolecular Hbond substituents is 1. The lowest BCUT2D eigenvalue weighted by Gasteiger charge is -2.19. The summed E-state index contributed by atoms with van der Waals surface area (Å²) in [5, 5.41) is 21.7. The van der Waals surface area contributed by atoms with Gasteiger partial charge in [-0.1, -0.05) is 6.07 Å². The number of benzene rings is 2. The fraction of sp³-hybridized carbons (Fsp3) is 0.222. The van der Waals surface area contributed by atoms with E-state index in [2.05, 4.69) is 5.32 Å². The summed E-state index contributed by atoms with van der Waals surface area (Å²) in [5.74, 6) is -0.335. The number of nitrogens with zero attached hydrogens (tertiary/aromatic N) is 1. The minimum absolute atomic E-state index is 0.0935. The highest BCUT2D eigenvalue weighted by molar-refractivity contribution is 5.81. The molecule has 1 atom stereocenters. The second-order valence-electron chi connectivity index (χ2n) is 5.12. The molecule has 5 heteroatoms. The molecule has 0 radical (unpaired) electrons. The Labute approximate surface area is 135 Å². The predicted octanol–water partition coefficient (Wildman–Crippen LogP) is 3.29. The van der Waals surface area contributed by atoms with Crippen molar-refractivity contribution in [2.45, 2.75) is 19.9 Å². The van der Waals surface area contributed by atoms with E-state index in [-0.39, 0.29) is 12.4 Å². The van der Waals surface area contributed by atoms with Gasteiger partial charge in [-0.3, -0.25) is 0 Å². The van der Waals surface area contributed by atoms with Crippen LogP contribution in [0, 0.1) is 18.3 Å². The number of hydrogen-bond donors (Lipinski definition) is 2. The van der Waals surface area contributed by atoms with E-state index >= 15 is 0 Å². The van der Waals surface area contributed by atoms with Crippen LogP contribution in [0.5, 0.6) is 5.75 Å². The van der Waals surface area contributed by atoms with Gasteiger partial charge in [0, 0.05) is 5.69 Å². The van der Waals surface area contributed by atoms with E-state index in [9.17, 15) is 9.90 Å². The number of ether oxygens (including phenoxy) is 1. The summed E-state index contributed by atoms with van der Waals surface area (Å²) in [6.45, 7) is 3.85. The molecule has 1 unspecified atom stereocenters. The Hall–Kier alpha value is -3.00. The molecule has 2 aromatic carbocycles. The highest BCUT2D eigenvalue weighted by atomic mass is 16.5. The van der Waals surface area contributed by atoms with Gasteiger partial charge < -0.3 is 15.2 Å². The van der Waals surface area contributed by atoms with Crippen LogP contribution in [-0.4, -0.2) is 17.7 Å². The number of nitriles is 1. The number of carbonyl (C=O) groups excluding carboxylic acids is 1. The summed E-state index contributed by atoms with van der Waals surface area (Å²) in [4.78, 5) is 12.3. The minimum Gasteiger partial charge on any atom is -0.508 e. The number of esters is 1. The molecule has 23 heavy (non-hydrogen) atoms. The van der Waals surface area contributed by atoms with Crippen LogP contribution in [0.4, 0.5) is 5.69 Å². The van der Waals surface area contributed by atoms with Crippen molar-refractivity contribution in [1.82, 2.24) is 0 Å². The molecular formula is C18H18N2O3. The van der Waals surface area contributed by atoms with Crippen molar-refractivity contribution >= 4 is 11.7 Å². The summed E-state index contributed by atoms with van der Waals surface area (Å²) >= 11 is 0. The molecule has 0 bridgehead atoms. The third-order valence-electron chi connectivity index (χ3n) is 3.27. The standard InChI is InChI=1S/C18H18N2O3/c1-3-23-18(22)17(14-8-12(2)9-16(21)10-14)20-15-6-4-13(11-19)5-7-15/h4-10,17,20-21H,3H2,1-2H3. The van der Waals surface area contributed by atoms with Gasteiger partial charge in [-0.2, -0.15) is 5.26 Å². The maximum absolute atomic E-state index is 12.3. The molecule has 118 valence electrons. The van der Waals surface area contributed by atoms with Crippen LogP contribution in [0.15, 0.2) is 42.5 Å². The maximum atomic E-state index is 12.3. The Kier molecular flexibility index (Phi) is 5.21. The first-order valence-corrected chi connectivity index (χ1v) is 7.27. The molecule has 0 saturated carbocycles. The maximum Gasteiger partial charge on any atom is 0.333 e. The molecule has 2 aromatic rings. The van der Waals surface area contributed by atoms with Crippen LogP contribution >= 0.6 is 0 Å². The van der Waals surface area contributed by atoms with Crippen molar-refractivity contribution in [3.63, 3.8) is 0 Å². The minimum atomic E-state index is -0.742. The Morgan fingerprint density at radius 3 is 2.57 bits per heavy atom. The van der Waals surface area contributed by atoms with Gasteiger partial charge in [-0.05, 0) is 61.4 Å². The van der Waals surface area contributed by atoms with Gasteiger partial charge in [-0.15, -0.1) is 0 Å². The van der Waals surface area contributed by atoms with Gasteiger partial charge in [0.15, 0.2) is 6.04 Å². The van der Waals surface area contributed by atoms with Gasteiger partial charge in [0.2, 0.25) is 0 Å². The van der Waals surface area contributed by atoms with E-state index in [1.165, 1.54) is 6.07 Å². The molecule has 2 rings (SSSR count). The van der Waals surface area contributed by atoms with Crippen molar-refractivity contribution in [2.24, 2.45) is 0 Å². The average molecular weight is 310 g/mol. The van der Waals surface area contributed by atoms with Crippen molar-refractivity contribution in [1.29, 1.82) is 5.26 Å². The summed E-state index contributed by atoms with van der Waals surface area (Å²) in [6, 6.07) is 13.0. The molecule has 0 amide bonds. The molecule has 0 saturated heterocycles. The fourth-order valence-electron chi connectivity index (χ4n) is 2.27. The SMILES string of the molecule is CCOC(=O)C(Nc1ccc(C#N)cc1)c1cc(C)cc(O)c1. The van der Waals surface area contributed by atoms with Gasteiger partial charge in [0.1, 0.15) is 5.75 Å². The van der Waals surface area contributed by atoms with Gasteiger partial charge in [0.25, 0.3) is 0 Å². The molecule has 5 nitrogen and oxygen atoms in total. The van der Waals surface area contributed by atoms with Crippen LogP contribution in [0.1, 0.15) is 29.7 Å². The topological polar surface area (TPSA) is 82.3 Å². The van der Waals surface area contributed by atoms with Gasteiger partial charge in [0.05, 0.1) is 18.2 Å². The lowest BCUT2D eigenvalue weighted by atomic mass is 10.0. The Bertz CT molecular complexity index is 713. The van der Waals surface area contributed by atoms with Crippen LogP contribution in [-0.2, 0) is 9.53 Å². The zero-order chi connectivity index (χ0) is 16.8. The highest BCUT2D eigenvalue weighted by Gasteiger charge is 2.22. The molecule has 0 fully saturated rings. The van der Waals surface area contributed by atoms with Crippen LogP contribution < -0.4 is 5.32 Å². The molecule has 0 aliphatic heterocycles. The normalized spacial score (nSPS) is 11.3. The molecule has 2 N–H and O–H groups in total. The average Bonchev–Trinajstić information content (AvgIpc) is 2.52. The lowest BCUT2D eigenvalue weighted by molar-refractivity contribution is -0.144. The number of nitrogens with one attached hydrogen (secondary N) is 1. The summed E-state index contributed by atoms with van der Waals surface area (Å²) in [7, 11) is 0. The first-order valence-electron chi connectivity index (χ1n) is 7.27. The Morgan fingerprint density at radius 1 is 1.30 bits per heavy atom. The highest BCUT2D eigenvalue weighted by Crippen LogP contribution is 2.25. The zero-order valence-corrected chi connectivity index (χ0v) is 13.0. The van der Waals surface area contributed by atoms with E-state index in [1.807, 2.05) is 19.1 Å². The largest absolute Gasteiger partial charge is 0.508 e. The third-order valence-corrected chi connectivity index (χ3v) is 3.27. The number of aromatic hydroxyl groups is 1. The molecular weight excluding hydrogens is 292 g/mol. The molecule has 0 spiro atoms. The van der Waals surface area contributed by atoms with Crippen molar-refractivity contribution in [2.75, 3.05) is 11.9 Å². The summed E-state index contributed by atoms with van der Waals surface area (Å²) in [5.41, 5.74) is 2.68. The Morgan fingerprint density at radius 2 is 2.00 bits per heavy atom. The van der Waals surface area contributed by atoms with E-state index < -0.39 is 12.0 Å². The second-order valence-corrected chi connectivity index (χ2v) is 5.12. The second kappa shape index (κ2) is 7.32. The quantitative estimate of drug-likeness (QED) is 0.828. The van der Waals surface area contributed by atoms with Crippen molar-refractivity contribution in [3.05, 3.63) is 59.2 Å². The van der Waals surface area contributed by atoms with E-state index in [0.29, 0.717) is 16.8 Å². The molecule has 0 aliphatic carbocycles. The van der Waals surface area contributed by atoms with Crippen LogP contribution in [0.2, 0.25) is 0 Å². The number of hydrogen-bond acceptors (Lipinski definition) is 5. The van der Waals surface area contributed by atoms with Gasteiger partial charge >= 0.3 is 5.97 Å². The third kappa shape index (κ3) is 4.24.